The van der Waals surface area contributed by atoms with Gasteiger partial charge in [0.2, 0.25) is 6.79 Å². The topological polar surface area (TPSA) is 104 Å². The van der Waals surface area contributed by atoms with E-state index in [4.69, 9.17) is 14.2 Å². The molecule has 3 aliphatic rings. The molecule has 1 amide bonds. The molecular weight excluding hydrogens is 525 g/mol. The summed E-state index contributed by atoms with van der Waals surface area (Å²) >= 11 is 1.29. The van der Waals surface area contributed by atoms with Gasteiger partial charge in [0.05, 0.1) is 24.4 Å². The second kappa shape index (κ2) is 9.22. The van der Waals surface area contributed by atoms with Crippen molar-refractivity contribution in [3.63, 3.8) is 0 Å². The molecule has 200 valence electrons. The van der Waals surface area contributed by atoms with Gasteiger partial charge in [-0.15, -0.1) is 11.3 Å². The van der Waals surface area contributed by atoms with E-state index in [1.165, 1.54) is 11.3 Å². The fraction of sp³-hybridized carbons (Fsp3) is 0.400. The highest BCUT2D eigenvalue weighted by Gasteiger charge is 2.47. The molecule has 1 aliphatic carbocycles. The van der Waals surface area contributed by atoms with Crippen molar-refractivity contribution < 1.29 is 37.0 Å². The van der Waals surface area contributed by atoms with Crippen LogP contribution in [0, 0.1) is 0 Å². The summed E-state index contributed by atoms with van der Waals surface area (Å²) in [4.78, 5) is 27.1. The molecule has 9 nitrogen and oxygen atoms in total. The van der Waals surface area contributed by atoms with E-state index in [1.54, 1.807) is 25.1 Å². The first kappa shape index (κ1) is 24.6. The average Bonchev–Trinajstić information content (AvgIpc) is 3.65. The number of carbonyl (C=O) groups excluding carboxylic acids is 2. The summed E-state index contributed by atoms with van der Waals surface area (Å²) in [6.45, 7) is 1.91. The van der Waals surface area contributed by atoms with Crippen LogP contribution < -0.4 is 20.1 Å². The fourth-order valence-electron chi connectivity index (χ4n) is 5.16. The number of halogens is 3. The van der Waals surface area contributed by atoms with E-state index < -0.39 is 30.1 Å². The number of esters is 1. The van der Waals surface area contributed by atoms with Crippen molar-refractivity contribution in [3.05, 3.63) is 51.5 Å². The zero-order valence-electron chi connectivity index (χ0n) is 20.2. The number of rotatable bonds is 5. The summed E-state index contributed by atoms with van der Waals surface area (Å²) in [6, 6.07) is 2.24. The number of hydrogen-bond donors (Lipinski definition) is 2. The molecule has 1 aromatic carbocycles. The maximum Gasteiger partial charge on any atom is 0.410 e. The number of fused-ring (bicyclic) bond motifs is 3. The van der Waals surface area contributed by atoms with Gasteiger partial charge in [-0.2, -0.15) is 18.3 Å². The van der Waals surface area contributed by atoms with E-state index in [2.05, 4.69) is 15.7 Å². The second-order valence-corrected chi connectivity index (χ2v) is 10.3. The van der Waals surface area contributed by atoms with Gasteiger partial charge in [0.25, 0.3) is 5.91 Å². The van der Waals surface area contributed by atoms with Crippen LogP contribution >= 0.6 is 11.3 Å². The fourth-order valence-corrected chi connectivity index (χ4v) is 6.43. The van der Waals surface area contributed by atoms with Crippen molar-refractivity contribution in [2.45, 2.75) is 50.9 Å². The number of benzene rings is 1. The summed E-state index contributed by atoms with van der Waals surface area (Å²) in [7, 11) is 0. The summed E-state index contributed by atoms with van der Waals surface area (Å²) in [5.41, 5.74) is 1.67. The molecular formula is C25H23F3N4O5S. The molecule has 0 unspecified atom stereocenters. The van der Waals surface area contributed by atoms with Crippen LogP contribution in [-0.4, -0.2) is 41.2 Å². The Labute approximate surface area is 218 Å². The molecule has 3 aromatic rings. The normalized spacial score (nSPS) is 19.5. The number of thiophene rings is 1. The maximum absolute atomic E-state index is 14.1. The van der Waals surface area contributed by atoms with Crippen LogP contribution in [0.1, 0.15) is 68.6 Å². The van der Waals surface area contributed by atoms with Crippen molar-refractivity contribution >= 4 is 34.0 Å². The summed E-state index contributed by atoms with van der Waals surface area (Å²) in [5, 5.41) is 10.1. The zero-order valence-corrected chi connectivity index (χ0v) is 21.0. The molecule has 2 N–H and O–H groups in total. The minimum Gasteiger partial charge on any atom is -0.462 e. The van der Waals surface area contributed by atoms with Crippen molar-refractivity contribution in [2.75, 3.05) is 24.0 Å². The molecule has 0 radical (unpaired) electrons. The minimum atomic E-state index is -4.60. The van der Waals surface area contributed by atoms with Gasteiger partial charge in [-0.25, -0.2) is 9.48 Å². The first-order valence-corrected chi connectivity index (χ1v) is 13.0. The van der Waals surface area contributed by atoms with Gasteiger partial charge in [-0.1, -0.05) is 6.07 Å². The van der Waals surface area contributed by atoms with Gasteiger partial charge in [0, 0.05) is 11.3 Å². The van der Waals surface area contributed by atoms with Gasteiger partial charge >= 0.3 is 12.1 Å². The summed E-state index contributed by atoms with van der Waals surface area (Å²) in [5.74, 6) is -0.293. The number of hydrogen-bond acceptors (Lipinski definition) is 8. The van der Waals surface area contributed by atoms with Crippen molar-refractivity contribution in [1.82, 2.24) is 9.78 Å². The first-order valence-electron chi connectivity index (χ1n) is 12.2. The Morgan fingerprint density at radius 2 is 2.08 bits per heavy atom. The standard InChI is InChI=1S/C25H23F3N4O5S/c1-2-35-24(34)20-13-4-3-5-18(13)38-23(20)31-22(33)14-10-29-32-19(25(26,27)28)9-15(30-21(14)32)12-6-7-16-17(8-12)37-11-36-16/h6-8,10,15,19,30H,2-5,9,11H2,1H3,(H,31,33)/t15-,19-/m0/s1. The van der Waals surface area contributed by atoms with E-state index in [0.29, 0.717) is 34.0 Å². The Balaban J connectivity index is 1.33. The highest BCUT2D eigenvalue weighted by molar-refractivity contribution is 7.17. The van der Waals surface area contributed by atoms with Gasteiger partial charge < -0.3 is 24.8 Å². The summed E-state index contributed by atoms with van der Waals surface area (Å²) in [6.07, 6.45) is -1.42. The van der Waals surface area contributed by atoms with Crippen LogP contribution in [-0.2, 0) is 17.6 Å². The monoisotopic (exact) mass is 548 g/mol. The van der Waals surface area contributed by atoms with Gasteiger partial charge in [0.1, 0.15) is 16.4 Å². The zero-order chi connectivity index (χ0) is 26.6. The minimum absolute atomic E-state index is 0.0408. The maximum atomic E-state index is 14.1. The molecule has 0 fully saturated rings. The number of aryl methyl sites for hydroxylation is 1. The predicted molar refractivity (Wildman–Crippen MR) is 131 cm³/mol. The van der Waals surface area contributed by atoms with Crippen LogP contribution in [0.25, 0.3) is 0 Å². The lowest BCUT2D eigenvalue weighted by Crippen LogP contribution is -2.36. The molecule has 2 aromatic heterocycles. The number of alkyl halides is 3. The molecule has 4 heterocycles. The number of nitrogens with one attached hydrogen (secondary N) is 2. The average molecular weight is 549 g/mol. The van der Waals surface area contributed by atoms with Gasteiger partial charge in [-0.05, 0) is 49.4 Å². The third-order valence-corrected chi connectivity index (χ3v) is 8.12. The van der Waals surface area contributed by atoms with E-state index in [-0.39, 0.29) is 31.2 Å². The lowest BCUT2D eigenvalue weighted by molar-refractivity contribution is -0.173. The number of amides is 1. The quantitative estimate of drug-likeness (QED) is 0.420. The van der Waals surface area contributed by atoms with Crippen LogP contribution in [0.4, 0.5) is 24.0 Å². The van der Waals surface area contributed by atoms with Crippen molar-refractivity contribution in [2.24, 2.45) is 0 Å². The van der Waals surface area contributed by atoms with Crippen LogP contribution in [0.5, 0.6) is 11.5 Å². The molecule has 6 rings (SSSR count). The highest BCUT2D eigenvalue weighted by atomic mass is 32.1. The molecule has 2 atom stereocenters. The van der Waals surface area contributed by atoms with Crippen LogP contribution in [0.3, 0.4) is 0 Å². The number of carbonyl (C=O) groups is 2. The Hall–Kier alpha value is -3.74. The predicted octanol–water partition coefficient (Wildman–Crippen LogP) is 5.25. The Morgan fingerprint density at radius 1 is 1.26 bits per heavy atom. The molecule has 13 heteroatoms. The largest absolute Gasteiger partial charge is 0.462 e. The smallest absolute Gasteiger partial charge is 0.410 e. The lowest BCUT2D eigenvalue weighted by Gasteiger charge is -2.34. The van der Waals surface area contributed by atoms with Crippen LogP contribution in [0.2, 0.25) is 0 Å². The third-order valence-electron chi connectivity index (χ3n) is 6.91. The van der Waals surface area contributed by atoms with E-state index in [1.807, 2.05) is 0 Å². The Morgan fingerprint density at radius 3 is 2.87 bits per heavy atom. The SMILES string of the molecule is CCOC(=O)c1c(NC(=O)c2cnn3c2N[C@H](c2ccc4c(c2)OCO4)C[C@H]3C(F)(F)F)sc2c1CCC2. The molecule has 2 aliphatic heterocycles. The summed E-state index contributed by atoms with van der Waals surface area (Å²) < 4.78 is 59.0. The number of nitrogens with zero attached hydrogens (tertiary/aromatic N) is 2. The third kappa shape index (κ3) is 4.14. The lowest BCUT2D eigenvalue weighted by atomic mass is 9.96. The van der Waals surface area contributed by atoms with Gasteiger partial charge in [0.15, 0.2) is 17.5 Å². The number of ether oxygens (including phenoxy) is 3. The Bertz CT molecular complexity index is 1430. The van der Waals surface area contributed by atoms with E-state index in [9.17, 15) is 22.8 Å². The van der Waals surface area contributed by atoms with Crippen molar-refractivity contribution in [3.8, 4) is 11.5 Å². The molecule has 0 bridgehead atoms. The first-order chi connectivity index (χ1) is 18.2. The number of aromatic nitrogens is 2. The van der Waals surface area contributed by atoms with Crippen molar-refractivity contribution in [1.29, 1.82) is 0 Å². The molecule has 0 saturated heterocycles. The van der Waals surface area contributed by atoms with Gasteiger partial charge in [-0.3, -0.25) is 4.79 Å². The highest BCUT2D eigenvalue weighted by Crippen LogP contribution is 2.46. The van der Waals surface area contributed by atoms with E-state index >= 15 is 0 Å². The Kier molecular flexibility index (Phi) is 5.97. The van der Waals surface area contributed by atoms with E-state index in [0.717, 1.165) is 34.2 Å². The second-order valence-electron chi connectivity index (χ2n) is 9.19. The van der Waals surface area contributed by atoms with Crippen LogP contribution in [0.15, 0.2) is 24.4 Å². The molecule has 0 saturated carbocycles. The molecule has 38 heavy (non-hydrogen) atoms. The molecule has 0 spiro atoms. The number of anilines is 2.